The Morgan fingerprint density at radius 3 is 2.88 bits per heavy atom. The van der Waals surface area contributed by atoms with E-state index in [-0.39, 0.29) is 24.0 Å². The third kappa shape index (κ3) is 4.60. The minimum atomic E-state index is 0.0713. The molecule has 1 aliphatic carbocycles. The number of hydrogen-bond acceptors (Lipinski definition) is 3. The Bertz CT molecular complexity index is 284. The van der Waals surface area contributed by atoms with Crippen molar-refractivity contribution in [3.05, 3.63) is 0 Å². The third-order valence-electron chi connectivity index (χ3n) is 3.41. The SMILES string of the molecule is COC(C)CCC(=O)NC1CCCC1C(N)=S. The highest BCUT2D eigenvalue weighted by molar-refractivity contribution is 7.80. The summed E-state index contributed by atoms with van der Waals surface area (Å²) in [6.45, 7) is 1.96. The molecule has 0 radical (unpaired) electrons. The average molecular weight is 258 g/mol. The molecule has 0 aliphatic heterocycles. The van der Waals surface area contributed by atoms with E-state index >= 15 is 0 Å². The molecule has 0 bridgehead atoms. The summed E-state index contributed by atoms with van der Waals surface area (Å²) in [5, 5.41) is 3.03. The van der Waals surface area contributed by atoms with Crippen LogP contribution < -0.4 is 11.1 Å². The van der Waals surface area contributed by atoms with E-state index in [0.29, 0.717) is 11.4 Å². The smallest absolute Gasteiger partial charge is 0.220 e. The van der Waals surface area contributed by atoms with Gasteiger partial charge in [0.1, 0.15) is 0 Å². The van der Waals surface area contributed by atoms with E-state index in [2.05, 4.69) is 5.32 Å². The zero-order valence-corrected chi connectivity index (χ0v) is 11.4. The van der Waals surface area contributed by atoms with Crippen LogP contribution in [0.25, 0.3) is 0 Å². The highest BCUT2D eigenvalue weighted by Crippen LogP contribution is 2.26. The molecule has 0 aromatic heterocycles. The highest BCUT2D eigenvalue weighted by Gasteiger charge is 2.30. The summed E-state index contributed by atoms with van der Waals surface area (Å²) in [6.07, 6.45) is 4.42. The van der Waals surface area contributed by atoms with E-state index < -0.39 is 0 Å². The van der Waals surface area contributed by atoms with Crippen molar-refractivity contribution in [1.29, 1.82) is 0 Å². The lowest BCUT2D eigenvalue weighted by molar-refractivity contribution is -0.122. The second-order valence-electron chi connectivity index (χ2n) is 4.70. The fourth-order valence-electron chi connectivity index (χ4n) is 2.20. The molecule has 0 aromatic rings. The first-order valence-electron chi connectivity index (χ1n) is 6.16. The Hall–Kier alpha value is -0.680. The molecule has 4 nitrogen and oxygen atoms in total. The number of amides is 1. The molecule has 1 saturated carbocycles. The van der Waals surface area contributed by atoms with Gasteiger partial charge in [-0.25, -0.2) is 0 Å². The Balaban J connectivity index is 2.33. The second kappa shape index (κ2) is 6.91. The lowest BCUT2D eigenvalue weighted by atomic mass is 10.0. The van der Waals surface area contributed by atoms with Gasteiger partial charge in [0.15, 0.2) is 0 Å². The van der Waals surface area contributed by atoms with Crippen molar-refractivity contribution in [2.45, 2.75) is 51.2 Å². The largest absolute Gasteiger partial charge is 0.393 e. The van der Waals surface area contributed by atoms with Gasteiger partial charge >= 0.3 is 0 Å². The van der Waals surface area contributed by atoms with Crippen LogP contribution in [0.3, 0.4) is 0 Å². The van der Waals surface area contributed by atoms with E-state index in [0.717, 1.165) is 25.7 Å². The van der Waals surface area contributed by atoms with Crippen molar-refractivity contribution in [3.8, 4) is 0 Å². The van der Waals surface area contributed by atoms with Crippen LogP contribution in [0.15, 0.2) is 0 Å². The topological polar surface area (TPSA) is 64.3 Å². The van der Waals surface area contributed by atoms with E-state index in [1.807, 2.05) is 6.92 Å². The average Bonchev–Trinajstić information content (AvgIpc) is 2.74. The number of carbonyl (C=O) groups excluding carboxylic acids is 1. The molecule has 1 fully saturated rings. The molecular weight excluding hydrogens is 236 g/mol. The lowest BCUT2D eigenvalue weighted by Crippen LogP contribution is -2.41. The van der Waals surface area contributed by atoms with Crippen molar-refractivity contribution in [2.24, 2.45) is 11.7 Å². The van der Waals surface area contributed by atoms with Gasteiger partial charge in [-0.05, 0) is 26.2 Å². The molecule has 0 heterocycles. The van der Waals surface area contributed by atoms with Crippen LogP contribution in [0.5, 0.6) is 0 Å². The maximum absolute atomic E-state index is 11.7. The Labute approximate surface area is 108 Å². The van der Waals surface area contributed by atoms with Crippen LogP contribution in [0.2, 0.25) is 0 Å². The Kier molecular flexibility index (Phi) is 5.85. The predicted molar refractivity (Wildman–Crippen MR) is 71.8 cm³/mol. The van der Waals surface area contributed by atoms with Crippen LogP contribution in [-0.2, 0) is 9.53 Å². The van der Waals surface area contributed by atoms with Crippen LogP contribution >= 0.6 is 12.2 Å². The standard InChI is InChI=1S/C12H22N2O2S/c1-8(16-2)6-7-11(15)14-10-5-3-4-9(10)12(13)17/h8-10H,3-7H2,1-2H3,(H2,13,17)(H,14,15). The monoisotopic (exact) mass is 258 g/mol. The van der Waals surface area contributed by atoms with Crippen LogP contribution in [0, 0.1) is 5.92 Å². The molecule has 0 spiro atoms. The summed E-state index contributed by atoms with van der Waals surface area (Å²) < 4.78 is 5.11. The molecule has 3 unspecified atom stereocenters. The highest BCUT2D eigenvalue weighted by atomic mass is 32.1. The number of methoxy groups -OCH3 is 1. The predicted octanol–water partition coefficient (Wildman–Crippen LogP) is 1.37. The summed E-state index contributed by atoms with van der Waals surface area (Å²) >= 11 is 5.02. The molecule has 1 amide bonds. The van der Waals surface area contributed by atoms with Gasteiger partial charge in [-0.1, -0.05) is 18.6 Å². The minimum Gasteiger partial charge on any atom is -0.393 e. The maximum Gasteiger partial charge on any atom is 0.220 e. The van der Waals surface area contributed by atoms with Gasteiger partial charge in [0, 0.05) is 25.5 Å². The molecule has 1 rings (SSSR count). The molecule has 3 N–H and O–H groups in total. The van der Waals surface area contributed by atoms with Gasteiger partial charge in [-0.15, -0.1) is 0 Å². The first-order chi connectivity index (χ1) is 8.04. The van der Waals surface area contributed by atoms with Crippen molar-refractivity contribution in [2.75, 3.05) is 7.11 Å². The van der Waals surface area contributed by atoms with E-state index in [1.54, 1.807) is 7.11 Å². The summed E-state index contributed by atoms with van der Waals surface area (Å²) in [6, 6.07) is 0.137. The molecule has 98 valence electrons. The molecule has 3 atom stereocenters. The third-order valence-corrected chi connectivity index (χ3v) is 3.71. The van der Waals surface area contributed by atoms with Gasteiger partial charge in [0.25, 0.3) is 0 Å². The fraction of sp³-hybridized carbons (Fsp3) is 0.833. The Morgan fingerprint density at radius 1 is 1.59 bits per heavy atom. The Morgan fingerprint density at radius 2 is 2.29 bits per heavy atom. The van der Waals surface area contributed by atoms with E-state index in [4.69, 9.17) is 22.7 Å². The number of nitrogens with one attached hydrogen (secondary N) is 1. The van der Waals surface area contributed by atoms with E-state index in [9.17, 15) is 4.79 Å². The molecule has 1 aliphatic rings. The maximum atomic E-state index is 11.7. The van der Waals surface area contributed by atoms with Crippen molar-refractivity contribution >= 4 is 23.1 Å². The fourth-order valence-corrected chi connectivity index (χ4v) is 2.49. The summed E-state index contributed by atoms with van der Waals surface area (Å²) in [7, 11) is 1.66. The number of thiocarbonyl (C=S) groups is 1. The number of carbonyl (C=O) groups is 1. The molecule has 0 aromatic carbocycles. The van der Waals surface area contributed by atoms with Crippen molar-refractivity contribution in [3.63, 3.8) is 0 Å². The first kappa shape index (κ1) is 14.4. The van der Waals surface area contributed by atoms with Gasteiger partial charge < -0.3 is 15.8 Å². The van der Waals surface area contributed by atoms with Gasteiger partial charge in [-0.2, -0.15) is 0 Å². The molecule has 17 heavy (non-hydrogen) atoms. The number of nitrogens with two attached hydrogens (primary N) is 1. The zero-order valence-electron chi connectivity index (χ0n) is 10.6. The van der Waals surface area contributed by atoms with Crippen LogP contribution in [0.4, 0.5) is 0 Å². The van der Waals surface area contributed by atoms with Gasteiger partial charge in [0.05, 0.1) is 11.1 Å². The first-order valence-corrected chi connectivity index (χ1v) is 6.57. The van der Waals surface area contributed by atoms with E-state index in [1.165, 1.54) is 0 Å². The minimum absolute atomic E-state index is 0.0713. The number of hydrogen-bond donors (Lipinski definition) is 2. The van der Waals surface area contributed by atoms with Crippen LogP contribution in [-0.4, -0.2) is 30.2 Å². The zero-order chi connectivity index (χ0) is 12.8. The number of rotatable bonds is 6. The van der Waals surface area contributed by atoms with Gasteiger partial charge in [0.2, 0.25) is 5.91 Å². The molecule has 0 saturated heterocycles. The molecular formula is C12H22N2O2S. The lowest BCUT2D eigenvalue weighted by Gasteiger charge is -2.20. The summed E-state index contributed by atoms with van der Waals surface area (Å²) in [5.74, 6) is 0.246. The number of ether oxygens (including phenoxy) is 1. The normalized spacial score (nSPS) is 25.5. The molecule has 5 heteroatoms. The summed E-state index contributed by atoms with van der Waals surface area (Å²) in [5.41, 5.74) is 5.67. The summed E-state index contributed by atoms with van der Waals surface area (Å²) in [4.78, 5) is 12.3. The second-order valence-corrected chi connectivity index (χ2v) is 5.17. The van der Waals surface area contributed by atoms with Crippen molar-refractivity contribution < 1.29 is 9.53 Å². The van der Waals surface area contributed by atoms with Crippen molar-refractivity contribution in [1.82, 2.24) is 5.32 Å². The van der Waals surface area contributed by atoms with Crippen LogP contribution in [0.1, 0.15) is 39.0 Å². The van der Waals surface area contributed by atoms with Gasteiger partial charge in [-0.3, -0.25) is 4.79 Å². The quantitative estimate of drug-likeness (QED) is 0.706.